The lowest BCUT2D eigenvalue weighted by Crippen LogP contribution is -2.43. The fourth-order valence-corrected chi connectivity index (χ4v) is 6.08. The van der Waals surface area contributed by atoms with Gasteiger partial charge < -0.3 is 10.0 Å². The van der Waals surface area contributed by atoms with Crippen molar-refractivity contribution in [3.8, 4) is 0 Å². The normalized spacial score (nSPS) is 19.8. The molecule has 0 spiro atoms. The van der Waals surface area contributed by atoms with Gasteiger partial charge >= 0.3 is 0 Å². The standard InChI is InChI=1S/C13H21BrN2O3S2/c1-13(3-5-16(2)6-4-13)9-15-21(18,19)11-7-10(8-17)20-12(11)14/h7,15,17H,3-6,8-9H2,1-2H3. The minimum atomic E-state index is -3.54. The van der Waals surface area contributed by atoms with Crippen LogP contribution in [0.1, 0.15) is 24.6 Å². The van der Waals surface area contributed by atoms with Gasteiger partial charge in [-0.2, -0.15) is 0 Å². The second kappa shape index (κ2) is 6.64. The van der Waals surface area contributed by atoms with Crippen LogP contribution in [-0.4, -0.2) is 45.1 Å². The molecule has 1 fully saturated rings. The third-order valence-electron chi connectivity index (χ3n) is 4.03. The molecule has 0 unspecified atom stereocenters. The van der Waals surface area contributed by atoms with E-state index in [1.54, 1.807) is 0 Å². The van der Waals surface area contributed by atoms with Gasteiger partial charge in [0.15, 0.2) is 0 Å². The first-order valence-corrected chi connectivity index (χ1v) is 9.92. The van der Waals surface area contributed by atoms with Crippen LogP contribution in [0.25, 0.3) is 0 Å². The molecule has 0 aromatic carbocycles. The Labute approximate surface area is 138 Å². The average Bonchev–Trinajstić information content (AvgIpc) is 2.83. The van der Waals surface area contributed by atoms with Gasteiger partial charge in [-0.3, -0.25) is 0 Å². The summed E-state index contributed by atoms with van der Waals surface area (Å²) in [5, 5.41) is 9.11. The smallest absolute Gasteiger partial charge is 0.242 e. The lowest BCUT2D eigenvalue weighted by Gasteiger charge is -2.37. The van der Waals surface area contributed by atoms with Crippen molar-refractivity contribution in [1.29, 1.82) is 0 Å². The molecular weight excluding hydrogens is 376 g/mol. The van der Waals surface area contributed by atoms with Crippen molar-refractivity contribution >= 4 is 37.3 Å². The van der Waals surface area contributed by atoms with Crippen molar-refractivity contribution in [1.82, 2.24) is 9.62 Å². The van der Waals surface area contributed by atoms with E-state index < -0.39 is 10.0 Å². The van der Waals surface area contributed by atoms with E-state index in [0.29, 0.717) is 15.2 Å². The molecule has 1 aliphatic heterocycles. The molecule has 0 saturated carbocycles. The second-order valence-electron chi connectivity index (χ2n) is 5.95. The average molecular weight is 397 g/mol. The zero-order chi connectivity index (χ0) is 15.7. The second-order valence-corrected chi connectivity index (χ2v) is 10.1. The lowest BCUT2D eigenvalue weighted by molar-refractivity contribution is 0.143. The van der Waals surface area contributed by atoms with Crippen molar-refractivity contribution in [3.63, 3.8) is 0 Å². The van der Waals surface area contributed by atoms with Crippen molar-refractivity contribution < 1.29 is 13.5 Å². The van der Waals surface area contributed by atoms with E-state index in [1.165, 1.54) is 17.4 Å². The first-order chi connectivity index (χ1) is 9.76. The van der Waals surface area contributed by atoms with Gasteiger partial charge in [-0.15, -0.1) is 11.3 Å². The van der Waals surface area contributed by atoms with Crippen LogP contribution in [0, 0.1) is 5.41 Å². The van der Waals surface area contributed by atoms with Crippen molar-refractivity contribution in [2.75, 3.05) is 26.7 Å². The Balaban J connectivity index is 2.06. The van der Waals surface area contributed by atoms with Gasteiger partial charge in [0.1, 0.15) is 4.90 Å². The molecule has 2 N–H and O–H groups in total. The Morgan fingerprint density at radius 2 is 2.10 bits per heavy atom. The number of aliphatic hydroxyl groups excluding tert-OH is 1. The van der Waals surface area contributed by atoms with E-state index in [0.717, 1.165) is 25.9 Å². The zero-order valence-corrected chi connectivity index (χ0v) is 15.4. The number of hydrogen-bond donors (Lipinski definition) is 2. The molecule has 0 bridgehead atoms. The first kappa shape index (κ1) is 17.4. The number of hydrogen-bond acceptors (Lipinski definition) is 5. The first-order valence-electron chi connectivity index (χ1n) is 6.83. The zero-order valence-electron chi connectivity index (χ0n) is 12.2. The van der Waals surface area contributed by atoms with Crippen molar-refractivity contribution in [2.24, 2.45) is 5.41 Å². The van der Waals surface area contributed by atoms with Gasteiger partial charge in [-0.05, 0) is 60.4 Å². The molecule has 8 heteroatoms. The van der Waals surface area contributed by atoms with Gasteiger partial charge in [0.2, 0.25) is 10.0 Å². The highest BCUT2D eigenvalue weighted by atomic mass is 79.9. The number of halogens is 1. The molecule has 0 atom stereocenters. The van der Waals surface area contributed by atoms with E-state index >= 15 is 0 Å². The summed E-state index contributed by atoms with van der Waals surface area (Å²) in [4.78, 5) is 3.11. The Kier molecular flexibility index (Phi) is 5.49. The molecule has 2 rings (SSSR count). The number of piperidine rings is 1. The largest absolute Gasteiger partial charge is 0.391 e. The molecule has 1 saturated heterocycles. The molecule has 5 nitrogen and oxygen atoms in total. The predicted molar refractivity (Wildman–Crippen MR) is 88.0 cm³/mol. The fourth-order valence-electron chi connectivity index (χ4n) is 2.34. The maximum absolute atomic E-state index is 12.4. The molecule has 0 radical (unpaired) electrons. The minimum absolute atomic E-state index is 0.00187. The maximum atomic E-state index is 12.4. The van der Waals surface area contributed by atoms with Crippen LogP contribution in [0.4, 0.5) is 0 Å². The molecule has 2 heterocycles. The Morgan fingerprint density at radius 1 is 1.48 bits per heavy atom. The summed E-state index contributed by atoms with van der Waals surface area (Å²) >= 11 is 4.51. The molecule has 1 aromatic rings. The minimum Gasteiger partial charge on any atom is -0.391 e. The van der Waals surface area contributed by atoms with E-state index in [4.69, 9.17) is 5.11 Å². The van der Waals surface area contributed by atoms with Crippen LogP contribution in [-0.2, 0) is 16.6 Å². The molecular formula is C13H21BrN2O3S2. The van der Waals surface area contributed by atoms with E-state index in [1.807, 2.05) is 0 Å². The third-order valence-corrected chi connectivity index (χ3v) is 7.67. The molecule has 120 valence electrons. The summed E-state index contributed by atoms with van der Waals surface area (Å²) in [5.41, 5.74) is 0.00187. The summed E-state index contributed by atoms with van der Waals surface area (Å²) in [6.07, 6.45) is 1.97. The van der Waals surface area contributed by atoms with Gasteiger partial charge in [-0.25, -0.2) is 13.1 Å². The highest BCUT2D eigenvalue weighted by Gasteiger charge is 2.31. The van der Waals surface area contributed by atoms with Gasteiger partial charge in [0.05, 0.1) is 10.4 Å². The number of nitrogens with zero attached hydrogens (tertiary/aromatic N) is 1. The van der Waals surface area contributed by atoms with Gasteiger partial charge in [0, 0.05) is 11.4 Å². The van der Waals surface area contributed by atoms with Gasteiger partial charge in [-0.1, -0.05) is 6.92 Å². The predicted octanol–water partition coefficient (Wildman–Crippen LogP) is 2.01. The number of likely N-dealkylation sites (tertiary alicyclic amines) is 1. The highest BCUT2D eigenvalue weighted by Crippen LogP contribution is 2.33. The highest BCUT2D eigenvalue weighted by molar-refractivity contribution is 9.11. The summed E-state index contributed by atoms with van der Waals surface area (Å²) in [6.45, 7) is 4.41. The number of thiophene rings is 1. The molecule has 1 aliphatic rings. The fraction of sp³-hybridized carbons (Fsp3) is 0.692. The lowest BCUT2D eigenvalue weighted by atomic mass is 9.81. The van der Waals surface area contributed by atoms with E-state index in [9.17, 15) is 8.42 Å². The van der Waals surface area contributed by atoms with Crippen molar-refractivity contribution in [2.45, 2.75) is 31.3 Å². The van der Waals surface area contributed by atoms with Crippen LogP contribution in [0.3, 0.4) is 0 Å². The number of aliphatic hydroxyl groups is 1. The summed E-state index contributed by atoms with van der Waals surface area (Å²) in [5.74, 6) is 0. The van der Waals surface area contributed by atoms with Crippen LogP contribution >= 0.6 is 27.3 Å². The monoisotopic (exact) mass is 396 g/mol. The van der Waals surface area contributed by atoms with E-state index in [2.05, 4.69) is 39.5 Å². The number of rotatable bonds is 5. The Hall–Kier alpha value is 0.01000. The summed E-state index contributed by atoms with van der Waals surface area (Å²) < 4.78 is 28.1. The number of sulfonamides is 1. The summed E-state index contributed by atoms with van der Waals surface area (Å²) in [6, 6.07) is 1.52. The van der Waals surface area contributed by atoms with Crippen LogP contribution in [0.2, 0.25) is 0 Å². The SMILES string of the molecule is CN1CCC(C)(CNS(=O)(=O)c2cc(CO)sc2Br)CC1. The summed E-state index contributed by atoms with van der Waals surface area (Å²) in [7, 11) is -1.46. The van der Waals surface area contributed by atoms with Crippen molar-refractivity contribution in [3.05, 3.63) is 14.7 Å². The van der Waals surface area contributed by atoms with E-state index in [-0.39, 0.29) is 16.9 Å². The van der Waals surface area contributed by atoms with Crippen LogP contribution < -0.4 is 4.72 Å². The molecule has 0 aliphatic carbocycles. The number of nitrogens with one attached hydrogen (secondary N) is 1. The Morgan fingerprint density at radius 3 is 2.62 bits per heavy atom. The van der Waals surface area contributed by atoms with Gasteiger partial charge in [0.25, 0.3) is 0 Å². The quantitative estimate of drug-likeness (QED) is 0.798. The van der Waals surface area contributed by atoms with Crippen LogP contribution in [0.5, 0.6) is 0 Å². The molecule has 1 aromatic heterocycles. The third kappa shape index (κ3) is 4.27. The molecule has 0 amide bonds. The van der Waals surface area contributed by atoms with Crippen LogP contribution in [0.15, 0.2) is 14.7 Å². The molecule has 21 heavy (non-hydrogen) atoms. The maximum Gasteiger partial charge on any atom is 0.242 e. The topological polar surface area (TPSA) is 69.6 Å². The Bertz CT molecular complexity index is 593.